The number of aliphatic hydroxyl groups is 3. The van der Waals surface area contributed by atoms with Crippen LogP contribution in [0.4, 0.5) is 10.5 Å². The highest BCUT2D eigenvalue weighted by atomic mass is 16.6. The van der Waals surface area contributed by atoms with Crippen molar-refractivity contribution in [2.24, 2.45) is 28.6 Å². The van der Waals surface area contributed by atoms with E-state index in [4.69, 9.17) is 4.74 Å². The summed E-state index contributed by atoms with van der Waals surface area (Å²) in [7, 11) is 0. The fourth-order valence-electron chi connectivity index (χ4n) is 7.23. The zero-order valence-corrected chi connectivity index (χ0v) is 21.7. The van der Waals surface area contributed by atoms with Gasteiger partial charge in [-0.25, -0.2) is 4.79 Å². The first-order valence-electron chi connectivity index (χ1n) is 12.9. The Morgan fingerprint density at radius 2 is 1.83 bits per heavy atom. The first-order chi connectivity index (χ1) is 16.9. The molecular weight excluding hydrogens is 458 g/mol. The van der Waals surface area contributed by atoms with Crippen LogP contribution in [0, 0.1) is 28.6 Å². The summed E-state index contributed by atoms with van der Waals surface area (Å²) in [6, 6.07) is 7.65. The number of hydrogen-bond acceptors (Lipinski definition) is 6. The third-order valence-corrected chi connectivity index (χ3v) is 9.83. The molecule has 7 atom stereocenters. The maximum absolute atomic E-state index is 14.3. The Morgan fingerprint density at radius 3 is 2.56 bits per heavy atom. The summed E-state index contributed by atoms with van der Waals surface area (Å²) in [6.45, 7) is 9.98. The predicted molar refractivity (Wildman–Crippen MR) is 135 cm³/mol. The van der Waals surface area contributed by atoms with Crippen LogP contribution in [0.2, 0.25) is 0 Å². The van der Waals surface area contributed by atoms with Crippen LogP contribution >= 0.6 is 0 Å². The molecule has 0 aromatic heterocycles. The van der Waals surface area contributed by atoms with Gasteiger partial charge in [0.15, 0.2) is 5.78 Å². The molecule has 5 rings (SSSR count). The number of hydrogen-bond donors (Lipinski definition) is 3. The second kappa shape index (κ2) is 8.27. The van der Waals surface area contributed by atoms with Crippen molar-refractivity contribution in [3.63, 3.8) is 0 Å². The molecule has 194 valence electrons. The summed E-state index contributed by atoms with van der Waals surface area (Å²) in [5.74, 6) is -1.01. The average Bonchev–Trinajstić information content (AvgIpc) is 3.33. The summed E-state index contributed by atoms with van der Waals surface area (Å²) >= 11 is 0. The Labute approximate surface area is 212 Å². The van der Waals surface area contributed by atoms with E-state index in [1.165, 1.54) is 0 Å². The van der Waals surface area contributed by atoms with Crippen LogP contribution < -0.4 is 4.90 Å². The van der Waals surface area contributed by atoms with Crippen molar-refractivity contribution in [2.45, 2.75) is 65.3 Å². The lowest BCUT2D eigenvalue weighted by Gasteiger charge is -2.47. The molecule has 1 spiro atoms. The van der Waals surface area contributed by atoms with E-state index in [0.717, 1.165) is 17.7 Å². The number of nitrogens with zero attached hydrogens (tertiary/aromatic N) is 1. The SMILES string of the molecule is CC1=C[C@]23C(=O)[C@@H](C=C(COC(=O)N4CCc5ccccc54)[C@@H](O)[C@]2(O)[C@H]1O)C(C)(C)[C@@H](C)C[C@H]3C. The van der Waals surface area contributed by atoms with Crippen molar-refractivity contribution >= 4 is 17.6 Å². The molecule has 7 heteroatoms. The van der Waals surface area contributed by atoms with Gasteiger partial charge in [0.1, 0.15) is 24.4 Å². The number of anilines is 1. The molecule has 1 aromatic rings. The van der Waals surface area contributed by atoms with E-state index in [1.54, 1.807) is 24.0 Å². The Bertz CT molecular complexity index is 1170. The molecule has 3 aliphatic carbocycles. The molecule has 7 nitrogen and oxygen atoms in total. The lowest BCUT2D eigenvalue weighted by molar-refractivity contribution is -0.189. The highest BCUT2D eigenvalue weighted by molar-refractivity contribution is 5.95. The lowest BCUT2D eigenvalue weighted by Crippen LogP contribution is -2.65. The first-order valence-corrected chi connectivity index (χ1v) is 12.9. The minimum Gasteiger partial charge on any atom is -0.445 e. The molecule has 1 aliphatic heterocycles. The largest absolute Gasteiger partial charge is 0.445 e. The number of amides is 1. The highest BCUT2D eigenvalue weighted by Gasteiger charge is 2.71. The summed E-state index contributed by atoms with van der Waals surface area (Å²) < 4.78 is 5.68. The lowest BCUT2D eigenvalue weighted by atomic mass is 9.59. The van der Waals surface area contributed by atoms with Gasteiger partial charge in [-0.1, -0.05) is 58.0 Å². The van der Waals surface area contributed by atoms with E-state index < -0.39 is 40.7 Å². The summed E-state index contributed by atoms with van der Waals surface area (Å²) in [5.41, 5.74) is -1.49. The molecule has 3 N–H and O–H groups in total. The van der Waals surface area contributed by atoms with Gasteiger partial charge in [0, 0.05) is 12.5 Å². The summed E-state index contributed by atoms with van der Waals surface area (Å²) in [4.78, 5) is 28.9. The predicted octanol–water partition coefficient (Wildman–Crippen LogP) is 3.41. The van der Waals surface area contributed by atoms with Gasteiger partial charge in [-0.05, 0) is 59.8 Å². The van der Waals surface area contributed by atoms with Crippen LogP contribution in [0.1, 0.15) is 46.6 Å². The molecular formula is C29H37NO6. The molecule has 0 saturated heterocycles. The number of carbonyl (C=O) groups excluding carboxylic acids is 2. The zero-order valence-electron chi connectivity index (χ0n) is 21.7. The number of para-hydroxylation sites is 1. The third kappa shape index (κ3) is 3.15. The third-order valence-electron chi connectivity index (χ3n) is 9.83. The number of carbonyl (C=O) groups is 2. The molecule has 2 bridgehead atoms. The van der Waals surface area contributed by atoms with E-state index in [1.807, 2.05) is 45.0 Å². The van der Waals surface area contributed by atoms with Gasteiger partial charge in [-0.2, -0.15) is 0 Å². The number of rotatable bonds is 2. The van der Waals surface area contributed by atoms with E-state index in [-0.39, 0.29) is 29.8 Å². The Balaban J connectivity index is 1.54. The molecule has 4 aliphatic rings. The Kier molecular flexibility index (Phi) is 5.78. The van der Waals surface area contributed by atoms with Gasteiger partial charge >= 0.3 is 6.09 Å². The maximum Gasteiger partial charge on any atom is 0.414 e. The molecule has 36 heavy (non-hydrogen) atoms. The van der Waals surface area contributed by atoms with Gasteiger partial charge in [0.25, 0.3) is 0 Å². The number of fused-ring (bicyclic) bond motifs is 2. The molecule has 0 radical (unpaired) electrons. The van der Waals surface area contributed by atoms with E-state index in [2.05, 4.69) is 6.92 Å². The van der Waals surface area contributed by atoms with Crippen molar-refractivity contribution in [3.05, 3.63) is 53.1 Å². The molecule has 0 unspecified atom stereocenters. The minimum absolute atomic E-state index is 0.132. The average molecular weight is 496 g/mol. The quantitative estimate of drug-likeness (QED) is 0.543. The van der Waals surface area contributed by atoms with Crippen molar-refractivity contribution < 1.29 is 29.6 Å². The Morgan fingerprint density at radius 1 is 1.14 bits per heavy atom. The zero-order chi connectivity index (χ0) is 26.2. The second-order valence-electron chi connectivity index (χ2n) is 11.9. The van der Waals surface area contributed by atoms with Crippen LogP contribution in [-0.4, -0.2) is 58.2 Å². The van der Waals surface area contributed by atoms with E-state index >= 15 is 0 Å². The number of ether oxygens (including phenoxy) is 1. The fraction of sp³-hybridized carbons (Fsp3) is 0.586. The van der Waals surface area contributed by atoms with E-state index in [9.17, 15) is 24.9 Å². The van der Waals surface area contributed by atoms with Crippen LogP contribution in [0.5, 0.6) is 0 Å². The molecule has 1 aromatic carbocycles. The molecule has 1 amide bonds. The number of ketones is 1. The number of Topliss-reactive ketones (excluding diaryl/α,β-unsaturated/α-hetero) is 1. The van der Waals surface area contributed by atoms with Gasteiger partial charge in [-0.3, -0.25) is 9.69 Å². The van der Waals surface area contributed by atoms with Gasteiger partial charge in [0.2, 0.25) is 0 Å². The second-order valence-corrected chi connectivity index (χ2v) is 11.9. The highest BCUT2D eigenvalue weighted by Crippen LogP contribution is 2.62. The van der Waals surface area contributed by atoms with Gasteiger partial charge < -0.3 is 20.1 Å². The van der Waals surface area contributed by atoms with Crippen LogP contribution in [0.15, 0.2) is 47.6 Å². The molecule has 1 fully saturated rings. The standard InChI is InChI=1S/C29H37NO6/c1-16-14-28-18(3)12-17(2)27(4,5)21(25(28)33)13-20(24(32)29(28,35)23(16)31)15-36-26(34)30-11-10-19-8-6-7-9-22(19)30/h6-9,13-14,17-18,21,23-24,31-32,35H,10-12,15H2,1-5H3/t17-,18+,21+,23-,24+,28-,29+/m0/s1. The van der Waals surface area contributed by atoms with Crippen LogP contribution in [0.25, 0.3) is 0 Å². The fourth-order valence-corrected chi connectivity index (χ4v) is 7.23. The summed E-state index contributed by atoms with van der Waals surface area (Å²) in [5, 5.41) is 35.0. The number of benzene rings is 1. The normalized spacial score (nSPS) is 38.9. The van der Waals surface area contributed by atoms with Crippen molar-refractivity contribution in [1.82, 2.24) is 0 Å². The van der Waals surface area contributed by atoms with Crippen molar-refractivity contribution in [1.29, 1.82) is 0 Å². The topological polar surface area (TPSA) is 107 Å². The van der Waals surface area contributed by atoms with E-state index in [0.29, 0.717) is 18.5 Å². The smallest absolute Gasteiger partial charge is 0.414 e. The maximum atomic E-state index is 14.3. The Hall–Kier alpha value is -2.48. The molecule has 1 saturated carbocycles. The van der Waals surface area contributed by atoms with Crippen molar-refractivity contribution in [2.75, 3.05) is 18.1 Å². The monoisotopic (exact) mass is 495 g/mol. The van der Waals surface area contributed by atoms with Crippen molar-refractivity contribution in [3.8, 4) is 0 Å². The van der Waals surface area contributed by atoms with Gasteiger partial charge in [-0.15, -0.1) is 0 Å². The first kappa shape index (κ1) is 25.2. The number of aliphatic hydroxyl groups excluding tert-OH is 2. The van der Waals surface area contributed by atoms with Crippen LogP contribution in [-0.2, 0) is 16.0 Å². The summed E-state index contributed by atoms with van der Waals surface area (Å²) in [6.07, 6.45) is 1.23. The minimum atomic E-state index is -2.15. The van der Waals surface area contributed by atoms with Gasteiger partial charge in [0.05, 0.1) is 11.1 Å². The number of allylic oxidation sites excluding steroid dienone is 1. The van der Waals surface area contributed by atoms with Crippen LogP contribution in [0.3, 0.4) is 0 Å². The molecule has 1 heterocycles.